The maximum atomic E-state index is 13.2. The Bertz CT molecular complexity index is 1160. The van der Waals surface area contributed by atoms with E-state index >= 15 is 0 Å². The molecule has 0 unspecified atom stereocenters. The van der Waals surface area contributed by atoms with Gasteiger partial charge in [0.1, 0.15) is 0 Å². The number of benzene rings is 1. The molecule has 2 aromatic rings. The summed E-state index contributed by atoms with van der Waals surface area (Å²) in [6.07, 6.45) is 2.38. The molecule has 0 radical (unpaired) electrons. The molecule has 1 aromatic carbocycles. The van der Waals surface area contributed by atoms with E-state index in [1.807, 2.05) is 19.9 Å². The van der Waals surface area contributed by atoms with Crippen LogP contribution >= 0.6 is 0 Å². The van der Waals surface area contributed by atoms with Crippen LogP contribution in [0.1, 0.15) is 50.0 Å². The average molecular weight is 385 g/mol. The molecule has 4 rings (SSSR count). The van der Waals surface area contributed by atoms with Gasteiger partial charge in [0.05, 0.1) is 14.2 Å². The molecule has 5 nitrogen and oxygen atoms in total. The largest absolute Gasteiger partial charge is 0.343 e. The summed E-state index contributed by atoms with van der Waals surface area (Å²) in [7, 11) is 0. The number of hydrogen-bond donors (Lipinski definition) is 0. The van der Waals surface area contributed by atoms with Gasteiger partial charge in [-0.25, -0.2) is 0 Å². The molecule has 1 aliphatic carbocycles. The van der Waals surface area contributed by atoms with Crippen LogP contribution in [0.4, 0.5) is 0 Å². The number of hydrogen-bond acceptors (Lipinski definition) is 3. The van der Waals surface area contributed by atoms with E-state index in [-0.39, 0.29) is 43.4 Å². The maximum Gasteiger partial charge on any atom is 0.230 e. The van der Waals surface area contributed by atoms with Gasteiger partial charge in [0.25, 0.3) is 0 Å². The minimum atomic E-state index is -2.44. The van der Waals surface area contributed by atoms with Gasteiger partial charge in [-0.2, -0.15) is 0 Å². The Kier molecular flexibility index (Phi) is 3.53. The lowest BCUT2D eigenvalue weighted by atomic mass is 9.79. The van der Waals surface area contributed by atoms with Crippen LogP contribution in [0.25, 0.3) is 16.5 Å². The number of carbonyl (C=O) groups is 2. The minimum absolute atomic E-state index is 0.0505. The van der Waals surface area contributed by atoms with Crippen LogP contribution in [0.2, 0.25) is 0 Å². The second-order valence-corrected chi connectivity index (χ2v) is 7.41. The average Bonchev–Trinajstić information content (AvgIpc) is 3.04. The smallest absolute Gasteiger partial charge is 0.230 e. The molecule has 5 heteroatoms. The van der Waals surface area contributed by atoms with Crippen LogP contribution in [-0.4, -0.2) is 58.8 Å². The summed E-state index contributed by atoms with van der Waals surface area (Å²) in [5.41, 5.74) is 2.45. The van der Waals surface area contributed by atoms with Crippen molar-refractivity contribution in [3.8, 4) is 0 Å². The highest BCUT2D eigenvalue weighted by molar-refractivity contribution is 6.03. The van der Waals surface area contributed by atoms with E-state index in [0.29, 0.717) is 40.7 Å². The van der Waals surface area contributed by atoms with Crippen molar-refractivity contribution in [1.82, 2.24) is 14.4 Å². The van der Waals surface area contributed by atoms with Gasteiger partial charge in [0.2, 0.25) is 11.8 Å². The first-order valence-corrected chi connectivity index (χ1v) is 9.98. The van der Waals surface area contributed by atoms with Crippen molar-refractivity contribution < 1.29 is 16.4 Å². The van der Waals surface area contributed by atoms with Gasteiger partial charge in [-0.05, 0) is 50.0 Å². The fourth-order valence-electron chi connectivity index (χ4n) is 4.45. The molecule has 1 aromatic heterocycles. The molecule has 1 aliphatic heterocycles. The zero-order chi connectivity index (χ0) is 24.2. The van der Waals surface area contributed by atoms with Gasteiger partial charge in [0.15, 0.2) is 0 Å². The van der Waals surface area contributed by atoms with Crippen LogP contribution in [0.15, 0.2) is 30.4 Å². The predicted molar refractivity (Wildman–Crippen MR) is 112 cm³/mol. The predicted octanol–water partition coefficient (Wildman–Crippen LogP) is 3.43. The molecule has 0 spiro atoms. The Morgan fingerprint density at radius 1 is 1.29 bits per heavy atom. The third-order valence-corrected chi connectivity index (χ3v) is 5.92. The Balaban J connectivity index is 1.97. The number of rotatable bonds is 4. The molecule has 28 heavy (non-hydrogen) atoms. The van der Waals surface area contributed by atoms with Crippen LogP contribution in [0.5, 0.6) is 0 Å². The molecule has 1 amide bonds. The summed E-state index contributed by atoms with van der Waals surface area (Å²) >= 11 is 0. The van der Waals surface area contributed by atoms with Crippen molar-refractivity contribution in [3.05, 3.63) is 41.6 Å². The number of amides is 1. The summed E-state index contributed by atoms with van der Waals surface area (Å²) < 4.78 is 42.9. The quantitative estimate of drug-likeness (QED) is 0.811. The molecular weight excluding hydrogens is 350 g/mol. The number of aromatic nitrogens is 1. The molecular formula is C23H29N3O2. The molecule has 2 heterocycles. The first-order valence-electron chi connectivity index (χ1n) is 12.5. The molecule has 0 fully saturated rings. The highest BCUT2D eigenvalue weighted by atomic mass is 16.2. The van der Waals surface area contributed by atoms with Gasteiger partial charge in [-0.15, -0.1) is 0 Å². The second kappa shape index (κ2) is 7.21. The van der Waals surface area contributed by atoms with Gasteiger partial charge < -0.3 is 4.90 Å². The summed E-state index contributed by atoms with van der Waals surface area (Å²) in [6, 6.07) is 2.85. The third kappa shape index (κ3) is 2.80. The van der Waals surface area contributed by atoms with Crippen LogP contribution < -0.4 is 0 Å². The first-order chi connectivity index (χ1) is 15.5. The van der Waals surface area contributed by atoms with Crippen LogP contribution in [0, 0.1) is 5.92 Å². The monoisotopic (exact) mass is 384 g/mol. The highest BCUT2D eigenvalue weighted by Gasteiger charge is 2.37. The van der Waals surface area contributed by atoms with Gasteiger partial charge in [-0.1, -0.05) is 25.1 Å². The topological polar surface area (TPSA) is 45.6 Å². The van der Waals surface area contributed by atoms with E-state index in [2.05, 4.69) is 0 Å². The van der Waals surface area contributed by atoms with Crippen molar-refractivity contribution in [2.45, 2.75) is 39.7 Å². The van der Waals surface area contributed by atoms with Gasteiger partial charge in [-0.3, -0.25) is 19.1 Å². The van der Waals surface area contributed by atoms with E-state index in [1.165, 1.54) is 9.47 Å². The summed E-state index contributed by atoms with van der Waals surface area (Å²) in [6.45, 7) is 4.20. The van der Waals surface area contributed by atoms with Crippen molar-refractivity contribution in [3.63, 3.8) is 0 Å². The zero-order valence-corrected chi connectivity index (χ0v) is 16.6. The SMILES string of the molecule is [2H]c1cc2c3c(c([2H])n(C(=O)CC)c3c1)C[C@@H]1C2=C[C@@H](C(=O)N(CC)CC)CN1C([2H])([2H])[2H]. The number of nitrogens with zero attached hydrogens (tertiary/aromatic N) is 3. The van der Waals surface area contributed by atoms with Crippen molar-refractivity contribution in [2.24, 2.45) is 5.92 Å². The first kappa shape index (κ1) is 13.7. The van der Waals surface area contributed by atoms with Crippen molar-refractivity contribution >= 4 is 28.3 Å². The van der Waals surface area contributed by atoms with E-state index in [4.69, 9.17) is 6.85 Å². The van der Waals surface area contributed by atoms with Crippen molar-refractivity contribution in [2.75, 3.05) is 26.6 Å². The highest BCUT2D eigenvalue weighted by Crippen LogP contribution is 2.41. The standard InChI is InChI=1S/C23H29N3O2/c1-5-21(27)26-14-15-12-20-18(17-9-8-10-19(26)22(15)17)11-16(13-24(20)4)23(28)25(6-2)7-3/h8-11,14,16,20H,5-7,12-13H2,1-4H3/t16-,20-/m1/s1/i4D3,8D,14D. The van der Waals surface area contributed by atoms with E-state index in [0.717, 1.165) is 0 Å². The van der Waals surface area contributed by atoms with E-state index in [1.54, 1.807) is 24.0 Å². The van der Waals surface area contributed by atoms with Gasteiger partial charge >= 0.3 is 0 Å². The normalized spacial score (nSPS) is 24.4. The summed E-state index contributed by atoms with van der Waals surface area (Å²) in [5.74, 6) is -0.990. The third-order valence-electron chi connectivity index (χ3n) is 5.92. The Morgan fingerprint density at radius 2 is 2.07 bits per heavy atom. The number of likely N-dealkylation sites (N-methyl/N-ethyl adjacent to an activating group) is 1. The molecule has 2 aliphatic rings. The molecule has 0 saturated carbocycles. The lowest BCUT2D eigenvalue weighted by Gasteiger charge is -2.40. The lowest BCUT2D eigenvalue weighted by molar-refractivity contribution is -0.134. The molecule has 148 valence electrons. The summed E-state index contributed by atoms with van der Waals surface area (Å²) in [5, 5.41) is 0.710. The molecule has 0 bridgehead atoms. The fourth-order valence-corrected chi connectivity index (χ4v) is 4.45. The Morgan fingerprint density at radius 3 is 2.75 bits per heavy atom. The zero-order valence-electron chi connectivity index (χ0n) is 21.6. The minimum Gasteiger partial charge on any atom is -0.343 e. The Hall–Kier alpha value is -2.40. The van der Waals surface area contributed by atoms with E-state index < -0.39 is 18.9 Å². The number of carbonyl (C=O) groups excluding carboxylic acids is 2. The molecule has 0 saturated heterocycles. The number of fused-ring (bicyclic) bond motifs is 2. The van der Waals surface area contributed by atoms with E-state index in [9.17, 15) is 9.59 Å². The molecule has 0 N–H and O–H groups in total. The van der Waals surface area contributed by atoms with Crippen molar-refractivity contribution in [1.29, 1.82) is 0 Å². The van der Waals surface area contributed by atoms with Gasteiger partial charge in [0, 0.05) is 47.8 Å². The molecule has 2 atom stereocenters. The van der Waals surface area contributed by atoms with Crippen LogP contribution in [0.3, 0.4) is 0 Å². The maximum absolute atomic E-state index is 13.2. The van der Waals surface area contributed by atoms with Crippen LogP contribution in [-0.2, 0) is 11.2 Å². The lowest BCUT2D eigenvalue weighted by Crippen LogP contribution is -2.47. The Labute approximate surface area is 173 Å². The fraction of sp³-hybridized carbons (Fsp3) is 0.478. The summed E-state index contributed by atoms with van der Waals surface area (Å²) in [4.78, 5) is 28.9. The second-order valence-electron chi connectivity index (χ2n) is 7.41.